The molecule has 2 heterocycles. The first-order valence-electron chi connectivity index (χ1n) is 6.75. The average molecular weight is 334 g/mol. The molecule has 1 aliphatic heterocycles. The van der Waals surface area contributed by atoms with E-state index in [1.807, 2.05) is 31.2 Å². The normalized spacial score (nSPS) is 17.6. The topological polar surface area (TPSA) is 75.2 Å². The van der Waals surface area contributed by atoms with E-state index in [0.29, 0.717) is 5.69 Å². The molecule has 0 fully saturated rings. The van der Waals surface area contributed by atoms with Crippen LogP contribution in [0.3, 0.4) is 0 Å². The Morgan fingerprint density at radius 2 is 2.32 bits per heavy atom. The fraction of sp³-hybridized carbons (Fsp3) is 0.286. The molecule has 0 saturated heterocycles. The van der Waals surface area contributed by atoms with Gasteiger partial charge in [-0.25, -0.2) is 0 Å². The summed E-state index contributed by atoms with van der Waals surface area (Å²) < 4.78 is 0.762. The number of anilines is 2. The Hall–Kier alpha value is -1.93. The number of nitrogens with one attached hydrogen (secondary N) is 1. The van der Waals surface area contributed by atoms with E-state index < -0.39 is 0 Å². The number of carbonyl (C=O) groups excluding carboxylic acids is 2. The summed E-state index contributed by atoms with van der Waals surface area (Å²) in [4.78, 5) is 26.2. The molecule has 0 spiro atoms. The zero-order valence-corrected chi connectivity index (χ0v) is 13.5. The maximum Gasteiger partial charge on any atom is 0.237 e. The Balaban J connectivity index is 1.83. The number of nitrogens with zero attached hydrogens (tertiary/aromatic N) is 3. The summed E-state index contributed by atoms with van der Waals surface area (Å²) in [6.45, 7) is 1.88. The van der Waals surface area contributed by atoms with E-state index >= 15 is 0 Å². The number of hydrogen-bond acceptors (Lipinski definition) is 6. The fourth-order valence-corrected chi connectivity index (χ4v) is 3.73. The second-order valence-electron chi connectivity index (χ2n) is 4.88. The van der Waals surface area contributed by atoms with Crippen molar-refractivity contribution in [3.63, 3.8) is 0 Å². The first-order valence-corrected chi connectivity index (χ1v) is 8.61. The number of amides is 2. The lowest BCUT2D eigenvalue weighted by Gasteiger charge is -2.27. The summed E-state index contributed by atoms with van der Waals surface area (Å²) in [5, 5.41) is 10.5. The van der Waals surface area contributed by atoms with Crippen LogP contribution in [-0.2, 0) is 9.59 Å². The molecule has 114 valence electrons. The molecule has 1 N–H and O–H groups in total. The Bertz CT molecular complexity index is 690. The van der Waals surface area contributed by atoms with Gasteiger partial charge in [-0.05, 0) is 19.1 Å². The van der Waals surface area contributed by atoms with Gasteiger partial charge in [0.1, 0.15) is 5.51 Å². The zero-order valence-electron chi connectivity index (χ0n) is 11.9. The summed E-state index contributed by atoms with van der Waals surface area (Å²) in [6.07, 6.45) is 0.282. The molecule has 22 heavy (non-hydrogen) atoms. The van der Waals surface area contributed by atoms with Gasteiger partial charge in [-0.1, -0.05) is 35.2 Å². The summed E-state index contributed by atoms with van der Waals surface area (Å²) in [5.41, 5.74) is 3.05. The van der Waals surface area contributed by atoms with Crippen LogP contribution in [0.4, 0.5) is 11.4 Å². The Morgan fingerprint density at radius 1 is 1.50 bits per heavy atom. The minimum Gasteiger partial charge on any atom is -0.324 e. The largest absolute Gasteiger partial charge is 0.324 e. The highest BCUT2D eigenvalue weighted by molar-refractivity contribution is 8.01. The molecule has 2 aromatic rings. The van der Waals surface area contributed by atoms with Gasteiger partial charge in [0.25, 0.3) is 0 Å². The van der Waals surface area contributed by atoms with Crippen LogP contribution < -0.4 is 10.2 Å². The van der Waals surface area contributed by atoms with Crippen LogP contribution in [0, 0.1) is 0 Å². The summed E-state index contributed by atoms with van der Waals surface area (Å²) in [5.74, 6) is 0.144. The number of rotatable bonds is 3. The molecule has 8 heteroatoms. The van der Waals surface area contributed by atoms with E-state index in [-0.39, 0.29) is 30.0 Å². The predicted molar refractivity (Wildman–Crippen MR) is 87.3 cm³/mol. The van der Waals surface area contributed by atoms with Gasteiger partial charge < -0.3 is 10.2 Å². The highest BCUT2D eigenvalue weighted by Gasteiger charge is 2.29. The van der Waals surface area contributed by atoms with Crippen LogP contribution in [0.1, 0.15) is 13.3 Å². The molecule has 3 rings (SSSR count). The second-order valence-corrected chi connectivity index (χ2v) is 6.93. The minimum absolute atomic E-state index is 0.0448. The fourth-order valence-electron chi connectivity index (χ4n) is 2.39. The van der Waals surface area contributed by atoms with Gasteiger partial charge in [0.2, 0.25) is 11.8 Å². The predicted octanol–water partition coefficient (Wildman–Crippen LogP) is 2.39. The van der Waals surface area contributed by atoms with E-state index in [1.165, 1.54) is 23.1 Å². The number of thioether (sulfide) groups is 1. The summed E-state index contributed by atoms with van der Waals surface area (Å²) in [6, 6.07) is 7.18. The van der Waals surface area contributed by atoms with Crippen LogP contribution >= 0.6 is 23.1 Å². The first kappa shape index (κ1) is 15.0. The average Bonchev–Trinajstić information content (AvgIpc) is 2.96. The van der Waals surface area contributed by atoms with Crippen LogP contribution in [0.15, 0.2) is 34.1 Å². The van der Waals surface area contributed by atoms with E-state index in [1.54, 1.807) is 10.4 Å². The quantitative estimate of drug-likeness (QED) is 0.872. The van der Waals surface area contributed by atoms with Crippen LogP contribution in [0.25, 0.3) is 0 Å². The molecule has 0 unspecified atom stereocenters. The molecule has 1 aromatic carbocycles. The molecule has 1 aromatic heterocycles. The molecule has 0 saturated carbocycles. The van der Waals surface area contributed by atoms with E-state index in [2.05, 4.69) is 15.5 Å². The van der Waals surface area contributed by atoms with Crippen molar-refractivity contribution in [2.45, 2.75) is 23.7 Å². The van der Waals surface area contributed by atoms with Gasteiger partial charge in [0.05, 0.1) is 17.1 Å². The van der Waals surface area contributed by atoms with Crippen LogP contribution in [0.2, 0.25) is 0 Å². The van der Waals surface area contributed by atoms with Gasteiger partial charge in [-0.3, -0.25) is 9.59 Å². The molecule has 0 radical (unpaired) electrons. The van der Waals surface area contributed by atoms with Crippen molar-refractivity contribution >= 4 is 46.3 Å². The molecule has 1 aliphatic rings. The number of aromatic nitrogens is 2. The number of benzene rings is 1. The zero-order chi connectivity index (χ0) is 15.5. The molecule has 2 amide bonds. The van der Waals surface area contributed by atoms with Gasteiger partial charge in [-0.15, -0.1) is 10.2 Å². The number of hydrogen-bond donors (Lipinski definition) is 1. The smallest absolute Gasteiger partial charge is 0.237 e. The van der Waals surface area contributed by atoms with Gasteiger partial charge in [-0.2, -0.15) is 0 Å². The van der Waals surface area contributed by atoms with E-state index in [9.17, 15) is 9.59 Å². The number of para-hydroxylation sites is 2. The van der Waals surface area contributed by atoms with Gasteiger partial charge >= 0.3 is 0 Å². The molecular formula is C14H14N4O2S2. The Morgan fingerprint density at radius 3 is 3.09 bits per heavy atom. The summed E-state index contributed by atoms with van der Waals surface area (Å²) >= 11 is 2.77. The highest BCUT2D eigenvalue weighted by Crippen LogP contribution is 2.32. The second kappa shape index (κ2) is 6.45. The minimum atomic E-state index is -0.189. The van der Waals surface area contributed by atoms with Crippen LogP contribution in [-0.4, -0.2) is 33.8 Å². The SMILES string of the molecule is C[C@@H]1CC(=O)Nc2ccccc2N1C(=O)CSc1nncs1. The lowest BCUT2D eigenvalue weighted by atomic mass is 10.2. The molecule has 0 bridgehead atoms. The van der Waals surface area contributed by atoms with Crippen molar-refractivity contribution in [2.75, 3.05) is 16.0 Å². The lowest BCUT2D eigenvalue weighted by Crippen LogP contribution is -2.40. The van der Waals surface area contributed by atoms with Gasteiger partial charge in [0.15, 0.2) is 4.34 Å². The standard InChI is InChI=1S/C14H14N4O2S2/c1-9-6-12(19)16-10-4-2-3-5-11(10)18(9)13(20)7-21-14-17-15-8-22-14/h2-5,8-9H,6-7H2,1H3,(H,16,19)/t9-/m1/s1. The number of fused-ring (bicyclic) bond motifs is 1. The lowest BCUT2D eigenvalue weighted by molar-refractivity contribution is -0.117. The van der Waals surface area contributed by atoms with Crippen LogP contribution in [0.5, 0.6) is 0 Å². The van der Waals surface area contributed by atoms with E-state index in [4.69, 9.17) is 0 Å². The Labute approximate surface area is 135 Å². The van der Waals surface area contributed by atoms with Crippen molar-refractivity contribution in [2.24, 2.45) is 0 Å². The third-order valence-electron chi connectivity index (χ3n) is 3.29. The van der Waals surface area contributed by atoms with E-state index in [0.717, 1.165) is 10.0 Å². The maximum absolute atomic E-state index is 12.6. The van der Waals surface area contributed by atoms with Gasteiger partial charge in [0, 0.05) is 12.5 Å². The maximum atomic E-state index is 12.6. The van der Waals surface area contributed by atoms with Crippen molar-refractivity contribution in [1.29, 1.82) is 0 Å². The molecule has 1 atom stereocenters. The molecule has 0 aliphatic carbocycles. The Kier molecular flexibility index (Phi) is 4.39. The number of carbonyl (C=O) groups is 2. The van der Waals surface area contributed by atoms with Crippen molar-refractivity contribution in [3.05, 3.63) is 29.8 Å². The summed E-state index contributed by atoms with van der Waals surface area (Å²) in [7, 11) is 0. The highest BCUT2D eigenvalue weighted by atomic mass is 32.2. The monoisotopic (exact) mass is 334 g/mol. The third kappa shape index (κ3) is 3.12. The van der Waals surface area contributed by atoms with Crippen molar-refractivity contribution < 1.29 is 9.59 Å². The van der Waals surface area contributed by atoms with Crippen molar-refractivity contribution in [1.82, 2.24) is 10.2 Å². The molecule has 6 nitrogen and oxygen atoms in total. The van der Waals surface area contributed by atoms with Crippen molar-refractivity contribution in [3.8, 4) is 0 Å². The third-order valence-corrected chi connectivity index (χ3v) is 5.13. The first-order chi connectivity index (χ1) is 10.6. The molecular weight excluding hydrogens is 320 g/mol.